The maximum atomic E-state index is 4.39. The molecule has 1 N–H and O–H groups in total. The van der Waals surface area contributed by atoms with E-state index >= 15 is 0 Å². The Kier molecular flexibility index (Phi) is 5.76. The number of rotatable bonds is 7. The van der Waals surface area contributed by atoms with Crippen molar-refractivity contribution < 1.29 is 0 Å². The van der Waals surface area contributed by atoms with Crippen LogP contribution < -0.4 is 4.90 Å². The van der Waals surface area contributed by atoms with Gasteiger partial charge in [-0.25, -0.2) is 0 Å². The summed E-state index contributed by atoms with van der Waals surface area (Å²) in [7, 11) is 0. The van der Waals surface area contributed by atoms with E-state index in [4.69, 9.17) is 0 Å². The first kappa shape index (κ1) is 19.0. The Balaban J connectivity index is 1.40. The van der Waals surface area contributed by atoms with Crippen LogP contribution in [0.3, 0.4) is 0 Å². The van der Waals surface area contributed by atoms with Gasteiger partial charge in [0.05, 0.1) is 11.4 Å². The smallest absolute Gasteiger partial charge is 0.0854 e. The summed E-state index contributed by atoms with van der Waals surface area (Å²) in [4.78, 5) is 2.35. The van der Waals surface area contributed by atoms with Crippen LogP contribution in [0.2, 0.25) is 0 Å². The van der Waals surface area contributed by atoms with E-state index in [2.05, 4.69) is 114 Å². The van der Waals surface area contributed by atoms with Crippen LogP contribution in [0.5, 0.6) is 0 Å². The third-order valence-corrected chi connectivity index (χ3v) is 5.34. The minimum Gasteiger partial charge on any atom is -0.372 e. The Morgan fingerprint density at radius 3 is 2.45 bits per heavy atom. The lowest BCUT2D eigenvalue weighted by atomic mass is 10.1. The van der Waals surface area contributed by atoms with Gasteiger partial charge in [-0.1, -0.05) is 54.6 Å². The summed E-state index contributed by atoms with van der Waals surface area (Å²) in [6.07, 6.45) is 13.8. The molecular weight excluding hydrogens is 354 g/mol. The van der Waals surface area contributed by atoms with E-state index in [-0.39, 0.29) is 0 Å². The first-order chi connectivity index (χ1) is 14.2. The average molecular weight is 382 g/mol. The van der Waals surface area contributed by atoms with E-state index in [0.29, 0.717) is 0 Å². The SMILES string of the molecule is CCN(CC)c1ccc(/C=C/c2cc(/C=C/c3ccc4c(c3)CC=C4)n[nH]2)cc1. The molecule has 3 heteroatoms. The van der Waals surface area contributed by atoms with Crippen molar-refractivity contribution in [2.45, 2.75) is 20.3 Å². The van der Waals surface area contributed by atoms with E-state index < -0.39 is 0 Å². The number of anilines is 1. The molecule has 1 aromatic heterocycles. The number of allylic oxidation sites excluding steroid dienone is 1. The van der Waals surface area contributed by atoms with Crippen LogP contribution in [0.1, 0.15) is 47.5 Å². The van der Waals surface area contributed by atoms with E-state index in [1.54, 1.807) is 0 Å². The third kappa shape index (κ3) is 4.57. The van der Waals surface area contributed by atoms with Crippen molar-refractivity contribution in [2.75, 3.05) is 18.0 Å². The van der Waals surface area contributed by atoms with E-state index in [9.17, 15) is 0 Å². The molecule has 0 spiro atoms. The molecule has 0 unspecified atom stereocenters. The van der Waals surface area contributed by atoms with Crippen LogP contribution >= 0.6 is 0 Å². The summed E-state index contributed by atoms with van der Waals surface area (Å²) in [6, 6.07) is 17.3. The van der Waals surface area contributed by atoms with Gasteiger partial charge in [-0.05, 0) is 72.9 Å². The second-order valence-corrected chi connectivity index (χ2v) is 7.24. The molecule has 0 saturated heterocycles. The summed E-state index contributed by atoms with van der Waals surface area (Å²) >= 11 is 0. The molecule has 1 heterocycles. The highest BCUT2D eigenvalue weighted by Gasteiger charge is 2.04. The van der Waals surface area contributed by atoms with Gasteiger partial charge in [-0.2, -0.15) is 5.10 Å². The van der Waals surface area contributed by atoms with Crippen molar-refractivity contribution in [3.05, 3.63) is 88.2 Å². The minimum absolute atomic E-state index is 0.931. The molecule has 0 radical (unpaired) electrons. The fourth-order valence-electron chi connectivity index (χ4n) is 3.66. The first-order valence-electron chi connectivity index (χ1n) is 10.3. The Bertz CT molecular complexity index is 1050. The molecule has 29 heavy (non-hydrogen) atoms. The molecule has 0 fully saturated rings. The molecule has 0 bridgehead atoms. The van der Waals surface area contributed by atoms with Crippen molar-refractivity contribution >= 4 is 36.1 Å². The molecule has 1 aliphatic carbocycles. The Morgan fingerprint density at radius 1 is 0.897 bits per heavy atom. The molecule has 0 saturated carbocycles. The zero-order chi connectivity index (χ0) is 20.1. The molecule has 2 aromatic carbocycles. The zero-order valence-corrected chi connectivity index (χ0v) is 17.1. The summed E-state index contributed by atoms with van der Waals surface area (Å²) in [5.74, 6) is 0. The summed E-state index contributed by atoms with van der Waals surface area (Å²) < 4.78 is 0. The van der Waals surface area contributed by atoms with Gasteiger partial charge < -0.3 is 4.90 Å². The number of hydrogen-bond donors (Lipinski definition) is 1. The lowest BCUT2D eigenvalue weighted by molar-refractivity contribution is 0.866. The van der Waals surface area contributed by atoms with Crippen molar-refractivity contribution in [3.63, 3.8) is 0 Å². The summed E-state index contributed by atoms with van der Waals surface area (Å²) in [5, 5.41) is 7.49. The summed E-state index contributed by atoms with van der Waals surface area (Å²) in [6.45, 7) is 6.42. The molecule has 3 aromatic rings. The fraction of sp³-hybridized carbons (Fsp3) is 0.192. The van der Waals surface area contributed by atoms with Crippen LogP contribution in [-0.4, -0.2) is 23.3 Å². The predicted octanol–water partition coefficient (Wildman–Crippen LogP) is 6.17. The number of fused-ring (bicyclic) bond motifs is 1. The van der Waals surface area contributed by atoms with Crippen LogP contribution in [-0.2, 0) is 6.42 Å². The van der Waals surface area contributed by atoms with Gasteiger partial charge in [0.25, 0.3) is 0 Å². The fourth-order valence-corrected chi connectivity index (χ4v) is 3.66. The van der Waals surface area contributed by atoms with Crippen LogP contribution in [0, 0.1) is 0 Å². The van der Waals surface area contributed by atoms with Gasteiger partial charge in [0.1, 0.15) is 0 Å². The standard InChI is InChI=1S/C26H27N3/c1-3-29(4-2)26-16-11-20(12-17-26)9-14-24-19-25(28-27-24)15-10-21-8-13-22-6-5-7-23(22)18-21/h5-6,8-19H,3-4,7H2,1-2H3,(H,27,28)/b14-9+,15-10+. The number of H-pyrrole nitrogens is 1. The van der Waals surface area contributed by atoms with E-state index in [1.165, 1.54) is 27.9 Å². The quantitative estimate of drug-likeness (QED) is 0.531. The van der Waals surface area contributed by atoms with Crippen molar-refractivity contribution in [1.29, 1.82) is 0 Å². The van der Waals surface area contributed by atoms with Crippen molar-refractivity contribution in [3.8, 4) is 0 Å². The molecule has 0 atom stereocenters. The maximum Gasteiger partial charge on any atom is 0.0854 e. The Hall–Kier alpha value is -3.33. The Morgan fingerprint density at radius 2 is 1.66 bits per heavy atom. The lowest BCUT2D eigenvalue weighted by Gasteiger charge is -2.20. The van der Waals surface area contributed by atoms with Gasteiger partial charge in [-0.15, -0.1) is 0 Å². The number of hydrogen-bond acceptors (Lipinski definition) is 2. The molecule has 4 rings (SSSR count). The highest BCUT2D eigenvalue weighted by Crippen LogP contribution is 2.22. The van der Waals surface area contributed by atoms with Crippen molar-refractivity contribution in [2.24, 2.45) is 0 Å². The van der Waals surface area contributed by atoms with Crippen LogP contribution in [0.25, 0.3) is 30.4 Å². The molecule has 1 aliphatic rings. The third-order valence-electron chi connectivity index (χ3n) is 5.34. The van der Waals surface area contributed by atoms with Gasteiger partial charge in [-0.3, -0.25) is 5.10 Å². The summed E-state index contributed by atoms with van der Waals surface area (Å²) in [5.41, 5.74) is 8.31. The number of nitrogens with one attached hydrogen (secondary N) is 1. The minimum atomic E-state index is 0.931. The molecule has 0 aliphatic heterocycles. The first-order valence-corrected chi connectivity index (χ1v) is 10.3. The second-order valence-electron chi connectivity index (χ2n) is 7.24. The zero-order valence-electron chi connectivity index (χ0n) is 17.1. The van der Waals surface area contributed by atoms with Gasteiger partial charge >= 0.3 is 0 Å². The number of aromatic nitrogens is 2. The van der Waals surface area contributed by atoms with Crippen molar-refractivity contribution in [1.82, 2.24) is 10.2 Å². The lowest BCUT2D eigenvalue weighted by Crippen LogP contribution is -2.21. The Labute approximate surface area is 173 Å². The van der Waals surface area contributed by atoms with Crippen LogP contribution in [0.15, 0.2) is 54.6 Å². The van der Waals surface area contributed by atoms with Gasteiger partial charge in [0.2, 0.25) is 0 Å². The molecule has 0 amide bonds. The molecular formula is C26H27N3. The maximum absolute atomic E-state index is 4.39. The van der Waals surface area contributed by atoms with E-state index in [1.807, 2.05) is 0 Å². The highest BCUT2D eigenvalue weighted by molar-refractivity contribution is 5.73. The number of aromatic amines is 1. The number of nitrogens with zero attached hydrogens (tertiary/aromatic N) is 2. The monoisotopic (exact) mass is 381 g/mol. The predicted molar refractivity (Wildman–Crippen MR) is 126 cm³/mol. The van der Waals surface area contributed by atoms with E-state index in [0.717, 1.165) is 30.9 Å². The molecule has 3 nitrogen and oxygen atoms in total. The van der Waals surface area contributed by atoms with Crippen LogP contribution in [0.4, 0.5) is 5.69 Å². The largest absolute Gasteiger partial charge is 0.372 e. The topological polar surface area (TPSA) is 31.9 Å². The number of benzene rings is 2. The normalized spacial score (nSPS) is 12.9. The molecule has 146 valence electrons. The highest BCUT2D eigenvalue weighted by atomic mass is 15.1. The van der Waals surface area contributed by atoms with Gasteiger partial charge in [0.15, 0.2) is 0 Å². The van der Waals surface area contributed by atoms with Gasteiger partial charge in [0, 0.05) is 18.8 Å². The average Bonchev–Trinajstić information content (AvgIpc) is 3.41. The second kappa shape index (κ2) is 8.78.